The van der Waals surface area contributed by atoms with E-state index >= 15 is 0 Å². The van der Waals surface area contributed by atoms with Gasteiger partial charge in [-0.05, 0) is 58.2 Å². The summed E-state index contributed by atoms with van der Waals surface area (Å²) in [5, 5.41) is 0. The van der Waals surface area contributed by atoms with Crippen molar-refractivity contribution in [1.29, 1.82) is 0 Å². The number of rotatable bonds is 3. The molecule has 0 radical (unpaired) electrons. The maximum absolute atomic E-state index is 12.9. The molecule has 122 valence electrons. The Morgan fingerprint density at radius 2 is 2.13 bits per heavy atom. The number of piperidine rings is 1. The molecule has 0 bridgehead atoms. The van der Waals surface area contributed by atoms with Crippen molar-refractivity contribution in [3.05, 3.63) is 53.1 Å². The number of aryl methyl sites for hydroxylation is 1. The van der Waals surface area contributed by atoms with Crippen LogP contribution < -0.4 is 0 Å². The van der Waals surface area contributed by atoms with Crippen molar-refractivity contribution in [1.82, 2.24) is 14.5 Å². The molecule has 1 atom stereocenters. The minimum absolute atomic E-state index is 0.178. The summed E-state index contributed by atoms with van der Waals surface area (Å²) in [5.74, 6) is 0.178. The number of hydrogen-bond acceptors (Lipinski definition) is 2. The molecule has 0 aliphatic carbocycles. The summed E-state index contributed by atoms with van der Waals surface area (Å²) >= 11 is 0. The van der Waals surface area contributed by atoms with Gasteiger partial charge in [0.2, 0.25) is 0 Å². The van der Waals surface area contributed by atoms with Gasteiger partial charge in [-0.2, -0.15) is 0 Å². The van der Waals surface area contributed by atoms with Crippen molar-refractivity contribution in [3.63, 3.8) is 0 Å². The van der Waals surface area contributed by atoms with Crippen molar-refractivity contribution in [3.8, 4) is 0 Å². The van der Waals surface area contributed by atoms with Crippen LogP contribution in [0.2, 0.25) is 0 Å². The summed E-state index contributed by atoms with van der Waals surface area (Å²) in [5.41, 5.74) is 4.00. The second-order valence-corrected chi connectivity index (χ2v) is 6.54. The standard InChI is InChI=1S/C19H25N3O/c1-14-8-5-7-11-21(14)19(23)18-12-15(2)22(16(18)3)13-17-9-4-6-10-20-17/h4,6,9-10,12,14H,5,7-8,11,13H2,1-3H3. The number of aromatic nitrogens is 2. The molecule has 0 aromatic carbocycles. The number of nitrogens with zero attached hydrogens (tertiary/aromatic N) is 3. The van der Waals surface area contributed by atoms with E-state index in [0.717, 1.165) is 42.0 Å². The van der Waals surface area contributed by atoms with Gasteiger partial charge in [0.15, 0.2) is 0 Å². The largest absolute Gasteiger partial charge is 0.342 e. The quantitative estimate of drug-likeness (QED) is 0.869. The molecular formula is C19H25N3O. The van der Waals surface area contributed by atoms with Crippen molar-refractivity contribution >= 4 is 5.91 Å². The molecule has 2 aromatic rings. The normalized spacial score (nSPS) is 18.2. The Kier molecular flexibility index (Phi) is 4.51. The van der Waals surface area contributed by atoms with Crippen molar-refractivity contribution in [2.75, 3.05) is 6.54 Å². The van der Waals surface area contributed by atoms with E-state index in [-0.39, 0.29) is 5.91 Å². The molecular weight excluding hydrogens is 286 g/mol. The molecule has 4 nitrogen and oxygen atoms in total. The first kappa shape index (κ1) is 15.8. The van der Waals surface area contributed by atoms with Crippen molar-refractivity contribution < 1.29 is 4.79 Å². The maximum atomic E-state index is 12.9. The van der Waals surface area contributed by atoms with Crippen LogP contribution in [0, 0.1) is 13.8 Å². The number of pyridine rings is 1. The third kappa shape index (κ3) is 3.16. The van der Waals surface area contributed by atoms with E-state index in [9.17, 15) is 4.79 Å². The van der Waals surface area contributed by atoms with Crippen LogP contribution >= 0.6 is 0 Å². The minimum Gasteiger partial charge on any atom is -0.342 e. The fourth-order valence-electron chi connectivity index (χ4n) is 3.47. The molecule has 3 heterocycles. The van der Waals surface area contributed by atoms with Crippen LogP contribution in [0.1, 0.15) is 53.6 Å². The van der Waals surface area contributed by atoms with Crippen LogP contribution in [-0.2, 0) is 6.54 Å². The molecule has 1 saturated heterocycles. The smallest absolute Gasteiger partial charge is 0.255 e. The molecule has 3 rings (SSSR count). The van der Waals surface area contributed by atoms with Gasteiger partial charge in [-0.1, -0.05) is 6.07 Å². The number of amides is 1. The van der Waals surface area contributed by atoms with E-state index in [1.54, 1.807) is 0 Å². The van der Waals surface area contributed by atoms with Gasteiger partial charge in [-0.3, -0.25) is 9.78 Å². The Labute approximate surface area is 138 Å². The molecule has 0 spiro atoms. The van der Waals surface area contributed by atoms with Crippen LogP contribution in [0.5, 0.6) is 0 Å². The summed E-state index contributed by atoms with van der Waals surface area (Å²) in [6.07, 6.45) is 5.26. The van der Waals surface area contributed by atoms with E-state index < -0.39 is 0 Å². The Bertz CT molecular complexity index is 690. The Balaban J connectivity index is 1.86. The highest BCUT2D eigenvalue weighted by Crippen LogP contribution is 2.23. The van der Waals surface area contributed by atoms with Gasteiger partial charge < -0.3 is 9.47 Å². The van der Waals surface area contributed by atoms with Crippen LogP contribution in [0.3, 0.4) is 0 Å². The summed E-state index contributed by atoms with van der Waals surface area (Å²) in [4.78, 5) is 19.4. The molecule has 1 aliphatic rings. The fourth-order valence-corrected chi connectivity index (χ4v) is 3.47. The number of carbonyl (C=O) groups is 1. The van der Waals surface area contributed by atoms with Gasteiger partial charge >= 0.3 is 0 Å². The molecule has 1 aliphatic heterocycles. The second kappa shape index (κ2) is 6.57. The molecule has 1 unspecified atom stereocenters. The SMILES string of the molecule is Cc1cc(C(=O)N2CCCCC2C)c(C)n1Cc1ccccn1. The predicted octanol–water partition coefficient (Wildman–Crippen LogP) is 3.56. The summed E-state index contributed by atoms with van der Waals surface area (Å²) in [6.45, 7) is 7.85. The lowest BCUT2D eigenvalue weighted by Gasteiger charge is -2.33. The molecule has 4 heteroatoms. The number of likely N-dealkylation sites (tertiary alicyclic amines) is 1. The number of hydrogen-bond donors (Lipinski definition) is 0. The van der Waals surface area contributed by atoms with E-state index in [0.29, 0.717) is 12.6 Å². The van der Waals surface area contributed by atoms with Crippen LogP contribution in [0.25, 0.3) is 0 Å². The average Bonchev–Trinajstić information content (AvgIpc) is 2.84. The van der Waals surface area contributed by atoms with E-state index in [2.05, 4.69) is 23.4 Å². The topological polar surface area (TPSA) is 38.1 Å². The lowest BCUT2D eigenvalue weighted by molar-refractivity contribution is 0.0634. The van der Waals surface area contributed by atoms with Crippen molar-refractivity contribution in [2.45, 2.75) is 52.6 Å². The first-order valence-corrected chi connectivity index (χ1v) is 8.45. The molecule has 1 amide bonds. The Morgan fingerprint density at radius 3 is 2.83 bits per heavy atom. The zero-order valence-electron chi connectivity index (χ0n) is 14.2. The Morgan fingerprint density at radius 1 is 1.30 bits per heavy atom. The van der Waals surface area contributed by atoms with E-state index in [4.69, 9.17) is 0 Å². The highest BCUT2D eigenvalue weighted by atomic mass is 16.2. The van der Waals surface area contributed by atoms with Crippen LogP contribution in [0.4, 0.5) is 0 Å². The zero-order chi connectivity index (χ0) is 16.4. The maximum Gasteiger partial charge on any atom is 0.255 e. The lowest BCUT2D eigenvalue weighted by Crippen LogP contribution is -2.42. The van der Waals surface area contributed by atoms with Crippen LogP contribution in [0.15, 0.2) is 30.5 Å². The molecule has 1 fully saturated rings. The van der Waals surface area contributed by atoms with Gasteiger partial charge in [0.25, 0.3) is 5.91 Å². The third-order valence-corrected chi connectivity index (χ3v) is 4.91. The molecule has 0 saturated carbocycles. The van der Waals surface area contributed by atoms with Gasteiger partial charge in [0, 0.05) is 30.2 Å². The van der Waals surface area contributed by atoms with Crippen molar-refractivity contribution in [2.24, 2.45) is 0 Å². The minimum atomic E-state index is 0.178. The van der Waals surface area contributed by atoms with Gasteiger partial charge in [0.1, 0.15) is 0 Å². The van der Waals surface area contributed by atoms with E-state index in [1.165, 1.54) is 6.42 Å². The second-order valence-electron chi connectivity index (χ2n) is 6.54. The number of carbonyl (C=O) groups excluding carboxylic acids is 1. The molecule has 23 heavy (non-hydrogen) atoms. The average molecular weight is 311 g/mol. The van der Waals surface area contributed by atoms with E-state index in [1.807, 2.05) is 42.3 Å². The van der Waals surface area contributed by atoms with Gasteiger partial charge in [-0.25, -0.2) is 0 Å². The molecule has 0 N–H and O–H groups in total. The first-order valence-electron chi connectivity index (χ1n) is 8.45. The summed E-state index contributed by atoms with van der Waals surface area (Å²) in [6, 6.07) is 8.31. The molecule has 2 aromatic heterocycles. The summed E-state index contributed by atoms with van der Waals surface area (Å²) < 4.78 is 2.18. The highest BCUT2D eigenvalue weighted by Gasteiger charge is 2.27. The first-order chi connectivity index (χ1) is 11.1. The zero-order valence-corrected chi connectivity index (χ0v) is 14.2. The monoisotopic (exact) mass is 311 g/mol. The Hall–Kier alpha value is -2.10. The fraction of sp³-hybridized carbons (Fsp3) is 0.474. The summed E-state index contributed by atoms with van der Waals surface area (Å²) in [7, 11) is 0. The third-order valence-electron chi connectivity index (χ3n) is 4.91. The van der Waals surface area contributed by atoms with Gasteiger partial charge in [-0.15, -0.1) is 0 Å². The highest BCUT2D eigenvalue weighted by molar-refractivity contribution is 5.96. The lowest BCUT2D eigenvalue weighted by atomic mass is 10.0. The predicted molar refractivity (Wildman–Crippen MR) is 91.6 cm³/mol. The van der Waals surface area contributed by atoms with Gasteiger partial charge in [0.05, 0.1) is 17.8 Å². The van der Waals surface area contributed by atoms with Crippen LogP contribution in [-0.4, -0.2) is 32.9 Å².